The number of nitrogens with one attached hydrogen (secondary N) is 2. The van der Waals surface area contributed by atoms with Gasteiger partial charge in [0.2, 0.25) is 0 Å². The summed E-state index contributed by atoms with van der Waals surface area (Å²) in [6, 6.07) is 14.9. The van der Waals surface area contributed by atoms with E-state index in [-0.39, 0.29) is 17.8 Å². The van der Waals surface area contributed by atoms with E-state index in [1.54, 1.807) is 12.1 Å². The second-order valence-electron chi connectivity index (χ2n) is 9.05. The summed E-state index contributed by atoms with van der Waals surface area (Å²) >= 11 is 0. The summed E-state index contributed by atoms with van der Waals surface area (Å²) in [5.74, 6) is 0.661. The number of hydrogen-bond acceptors (Lipinski definition) is 3. The van der Waals surface area contributed by atoms with Crippen LogP contribution in [0.15, 0.2) is 52.9 Å². The van der Waals surface area contributed by atoms with Crippen molar-refractivity contribution < 1.29 is 13.6 Å². The maximum Gasteiger partial charge on any atom is 0.270 e. The number of carbonyl (C=O) groups excluding carboxylic acids is 1. The third-order valence-corrected chi connectivity index (χ3v) is 7.00. The van der Waals surface area contributed by atoms with Gasteiger partial charge < -0.3 is 19.6 Å². The van der Waals surface area contributed by atoms with Crippen LogP contribution in [0, 0.1) is 12.7 Å². The molecular formula is C27H30FN3O2. The van der Waals surface area contributed by atoms with E-state index >= 15 is 0 Å². The molecule has 1 aliphatic rings. The van der Waals surface area contributed by atoms with Crippen molar-refractivity contribution >= 4 is 27.8 Å². The predicted molar refractivity (Wildman–Crippen MR) is 129 cm³/mol. The minimum absolute atomic E-state index is 0.0205. The Morgan fingerprint density at radius 3 is 2.88 bits per heavy atom. The molecule has 5 nitrogen and oxygen atoms in total. The number of furan rings is 1. The molecule has 0 saturated heterocycles. The van der Waals surface area contributed by atoms with Crippen molar-refractivity contribution in [3.05, 3.63) is 71.4 Å². The van der Waals surface area contributed by atoms with Gasteiger partial charge in [0.05, 0.1) is 6.54 Å². The minimum Gasteiger partial charge on any atom is -0.459 e. The Balaban J connectivity index is 1.27. The zero-order valence-electron chi connectivity index (χ0n) is 19.2. The molecule has 2 unspecified atom stereocenters. The summed E-state index contributed by atoms with van der Waals surface area (Å²) in [7, 11) is 0. The number of aryl methyl sites for hydroxylation is 1. The molecule has 2 aromatic heterocycles. The van der Waals surface area contributed by atoms with Crippen molar-refractivity contribution in [2.24, 2.45) is 0 Å². The van der Waals surface area contributed by atoms with Crippen molar-refractivity contribution in [2.45, 2.75) is 58.2 Å². The largest absolute Gasteiger partial charge is 0.459 e. The third-order valence-electron chi connectivity index (χ3n) is 7.00. The number of nitrogens with zero attached hydrogens (tertiary/aromatic N) is 1. The van der Waals surface area contributed by atoms with Gasteiger partial charge in [-0.25, -0.2) is 4.39 Å². The summed E-state index contributed by atoms with van der Waals surface area (Å²) in [6.07, 6.45) is 4.07. The lowest BCUT2D eigenvalue weighted by molar-refractivity contribution is 0.0622. The molecule has 1 fully saturated rings. The Hall–Kier alpha value is -3.12. The number of fused-ring (bicyclic) bond motifs is 2. The lowest BCUT2D eigenvalue weighted by Gasteiger charge is -2.37. The fourth-order valence-electron chi connectivity index (χ4n) is 5.20. The van der Waals surface area contributed by atoms with Gasteiger partial charge in [0.25, 0.3) is 5.91 Å². The Labute approximate surface area is 193 Å². The van der Waals surface area contributed by atoms with E-state index < -0.39 is 0 Å². The number of aromatic nitrogens is 1. The van der Waals surface area contributed by atoms with E-state index in [4.69, 9.17) is 4.42 Å². The first-order valence-electron chi connectivity index (χ1n) is 11.8. The van der Waals surface area contributed by atoms with Crippen LogP contribution in [0.4, 0.5) is 4.39 Å². The maximum absolute atomic E-state index is 13.6. The smallest absolute Gasteiger partial charge is 0.270 e. The molecule has 0 spiro atoms. The topological polar surface area (TPSA) is 61.3 Å². The molecule has 0 radical (unpaired) electrons. The standard InChI is InChI=1S/C27H30FN3O2/c1-3-31(27(32)24-14-18-13-19(28)11-12-23(18)30-24)21-8-6-7-20(15-21)29-16-26-17(2)22-9-4-5-10-25(22)33-26/h4-5,9-14,20-21,29-30H,3,6-8,15-16H2,1-2H3. The molecular weight excluding hydrogens is 417 g/mol. The van der Waals surface area contributed by atoms with Gasteiger partial charge in [0.15, 0.2) is 0 Å². The highest BCUT2D eigenvalue weighted by Gasteiger charge is 2.30. The van der Waals surface area contributed by atoms with Crippen molar-refractivity contribution in [3.8, 4) is 0 Å². The number of carbonyl (C=O) groups is 1. The van der Waals surface area contributed by atoms with E-state index in [0.29, 0.717) is 24.8 Å². The molecule has 6 heteroatoms. The normalized spacial score (nSPS) is 18.8. The number of aromatic amines is 1. The van der Waals surface area contributed by atoms with Crippen LogP contribution < -0.4 is 5.32 Å². The first kappa shape index (κ1) is 21.7. The van der Waals surface area contributed by atoms with E-state index in [1.807, 2.05) is 30.0 Å². The van der Waals surface area contributed by atoms with Crippen LogP contribution in [-0.2, 0) is 6.54 Å². The van der Waals surface area contributed by atoms with E-state index in [2.05, 4.69) is 23.3 Å². The van der Waals surface area contributed by atoms with Gasteiger partial charge in [-0.05, 0) is 75.4 Å². The second kappa shape index (κ2) is 9.02. The van der Waals surface area contributed by atoms with E-state index in [0.717, 1.165) is 53.3 Å². The Bertz CT molecular complexity index is 1290. The maximum atomic E-state index is 13.6. The Kier molecular flexibility index (Phi) is 5.94. The molecule has 5 rings (SSSR count). The number of hydrogen-bond donors (Lipinski definition) is 2. The van der Waals surface area contributed by atoms with Crippen LogP contribution in [0.5, 0.6) is 0 Å². The van der Waals surface area contributed by atoms with Crippen LogP contribution in [0.3, 0.4) is 0 Å². The summed E-state index contributed by atoms with van der Waals surface area (Å²) in [5.41, 5.74) is 3.41. The molecule has 4 aromatic rings. The van der Waals surface area contributed by atoms with Crippen molar-refractivity contribution in [1.29, 1.82) is 0 Å². The fourth-order valence-corrected chi connectivity index (χ4v) is 5.20. The quantitative estimate of drug-likeness (QED) is 0.385. The first-order chi connectivity index (χ1) is 16.0. The Morgan fingerprint density at radius 2 is 2.06 bits per heavy atom. The number of halogens is 1. The summed E-state index contributed by atoms with van der Waals surface area (Å²) in [6.45, 7) is 5.46. The number of benzene rings is 2. The molecule has 2 aromatic carbocycles. The Morgan fingerprint density at radius 1 is 1.21 bits per heavy atom. The van der Waals surface area contributed by atoms with Gasteiger partial charge in [0, 0.05) is 34.9 Å². The minimum atomic E-state index is -0.297. The lowest BCUT2D eigenvalue weighted by Crippen LogP contribution is -2.46. The van der Waals surface area contributed by atoms with E-state index in [1.165, 1.54) is 17.7 Å². The highest BCUT2D eigenvalue weighted by Crippen LogP contribution is 2.28. The van der Waals surface area contributed by atoms with Gasteiger partial charge in [-0.2, -0.15) is 0 Å². The molecule has 33 heavy (non-hydrogen) atoms. The number of amides is 1. The van der Waals surface area contributed by atoms with Gasteiger partial charge in [-0.1, -0.05) is 18.2 Å². The van der Waals surface area contributed by atoms with Gasteiger partial charge >= 0.3 is 0 Å². The van der Waals surface area contributed by atoms with Gasteiger partial charge in [0.1, 0.15) is 22.9 Å². The van der Waals surface area contributed by atoms with Crippen LogP contribution in [0.25, 0.3) is 21.9 Å². The van der Waals surface area contributed by atoms with Crippen LogP contribution in [-0.4, -0.2) is 34.4 Å². The monoisotopic (exact) mass is 447 g/mol. The van der Waals surface area contributed by atoms with Gasteiger partial charge in [-0.15, -0.1) is 0 Å². The third kappa shape index (κ3) is 4.27. The average molecular weight is 448 g/mol. The van der Waals surface area contributed by atoms with Crippen molar-refractivity contribution in [3.63, 3.8) is 0 Å². The van der Waals surface area contributed by atoms with Crippen LogP contribution in [0.1, 0.15) is 54.4 Å². The van der Waals surface area contributed by atoms with Crippen molar-refractivity contribution in [2.75, 3.05) is 6.54 Å². The molecule has 1 aliphatic carbocycles. The number of H-pyrrole nitrogens is 1. The molecule has 1 amide bonds. The summed E-state index contributed by atoms with van der Waals surface area (Å²) in [5, 5.41) is 5.56. The SMILES string of the molecule is CCN(C(=O)c1cc2cc(F)ccc2[nH]1)C1CCCC(NCc2oc3ccccc3c2C)C1. The molecule has 2 atom stereocenters. The molecule has 2 heterocycles. The lowest BCUT2D eigenvalue weighted by atomic mass is 9.89. The fraction of sp³-hybridized carbons (Fsp3) is 0.370. The van der Waals surface area contributed by atoms with E-state index in [9.17, 15) is 9.18 Å². The van der Waals surface area contributed by atoms with Crippen LogP contribution >= 0.6 is 0 Å². The first-order valence-corrected chi connectivity index (χ1v) is 11.8. The predicted octanol–water partition coefficient (Wildman–Crippen LogP) is 5.92. The highest BCUT2D eigenvalue weighted by atomic mass is 19.1. The molecule has 172 valence electrons. The average Bonchev–Trinajstić information content (AvgIpc) is 3.39. The molecule has 0 aliphatic heterocycles. The van der Waals surface area contributed by atoms with Gasteiger partial charge in [-0.3, -0.25) is 4.79 Å². The highest BCUT2D eigenvalue weighted by molar-refractivity contribution is 5.98. The molecule has 1 saturated carbocycles. The van der Waals surface area contributed by atoms with Crippen LogP contribution in [0.2, 0.25) is 0 Å². The zero-order chi connectivity index (χ0) is 22.9. The summed E-state index contributed by atoms with van der Waals surface area (Å²) < 4.78 is 19.6. The molecule has 0 bridgehead atoms. The second-order valence-corrected chi connectivity index (χ2v) is 9.05. The van der Waals surface area contributed by atoms with Crippen molar-refractivity contribution in [1.82, 2.24) is 15.2 Å². The zero-order valence-corrected chi connectivity index (χ0v) is 19.2. The summed E-state index contributed by atoms with van der Waals surface area (Å²) in [4.78, 5) is 18.5. The molecule has 2 N–H and O–H groups in total. The number of rotatable bonds is 6. The number of para-hydroxylation sites is 1.